The molecule has 0 amide bonds. The van der Waals surface area contributed by atoms with E-state index in [9.17, 15) is 16.8 Å². The van der Waals surface area contributed by atoms with E-state index < -0.39 is 20.0 Å². The van der Waals surface area contributed by atoms with Gasteiger partial charge in [-0.05, 0) is 93.2 Å². The summed E-state index contributed by atoms with van der Waals surface area (Å²) in [5, 5.41) is 0. The monoisotopic (exact) mass is 572 g/mol. The van der Waals surface area contributed by atoms with Crippen LogP contribution in [0, 0.1) is 13.8 Å². The molecule has 0 heterocycles. The van der Waals surface area contributed by atoms with Gasteiger partial charge in [0.2, 0.25) is 0 Å². The van der Waals surface area contributed by atoms with Crippen LogP contribution in [0.4, 0.5) is 11.4 Å². The molecule has 0 atom stereocenters. The molecule has 0 saturated heterocycles. The highest BCUT2D eigenvalue weighted by atomic mass is 79.9. The van der Waals surface area contributed by atoms with Gasteiger partial charge in [0, 0.05) is 8.95 Å². The van der Waals surface area contributed by atoms with Crippen LogP contribution in [-0.2, 0) is 20.0 Å². The van der Waals surface area contributed by atoms with Gasteiger partial charge in [0.25, 0.3) is 20.0 Å². The van der Waals surface area contributed by atoms with Gasteiger partial charge in [0.05, 0.1) is 21.2 Å². The van der Waals surface area contributed by atoms with E-state index in [1.807, 2.05) is 0 Å². The number of hydrogen-bond donors (Lipinski definition) is 2. The first-order valence-corrected chi connectivity index (χ1v) is 13.2. The van der Waals surface area contributed by atoms with Crippen LogP contribution in [0.2, 0.25) is 0 Å². The van der Waals surface area contributed by atoms with Crippen molar-refractivity contribution < 1.29 is 16.8 Å². The molecule has 0 aliphatic rings. The second-order valence-electron chi connectivity index (χ2n) is 6.66. The lowest BCUT2D eigenvalue weighted by molar-refractivity contribution is 0.599. The van der Waals surface area contributed by atoms with Crippen molar-refractivity contribution in [1.29, 1.82) is 0 Å². The minimum atomic E-state index is -3.94. The van der Waals surface area contributed by atoms with E-state index in [4.69, 9.17) is 0 Å². The van der Waals surface area contributed by atoms with E-state index in [0.717, 1.165) is 11.1 Å². The van der Waals surface area contributed by atoms with Crippen LogP contribution in [0.3, 0.4) is 0 Å². The second-order valence-corrected chi connectivity index (χ2v) is 11.7. The van der Waals surface area contributed by atoms with Gasteiger partial charge in [-0.25, -0.2) is 16.8 Å². The third-order valence-electron chi connectivity index (χ3n) is 4.15. The highest BCUT2D eigenvalue weighted by molar-refractivity contribution is 9.13. The quantitative estimate of drug-likeness (QED) is 0.411. The Kier molecular flexibility index (Phi) is 6.61. The average Bonchev–Trinajstić information content (AvgIpc) is 2.65. The molecular formula is C20H18Br2N2O4S2. The maximum Gasteiger partial charge on any atom is 0.261 e. The second kappa shape index (κ2) is 8.70. The van der Waals surface area contributed by atoms with Crippen molar-refractivity contribution in [3.8, 4) is 0 Å². The fraction of sp³-hybridized carbons (Fsp3) is 0.100. The molecule has 0 fully saturated rings. The standard InChI is InChI=1S/C20H18Br2N2O4S2/c1-13-5-3-7-15(9-13)29(25,26)23-19-11-17(21)18(22)12-20(19)24-30(27,28)16-8-4-6-14(2)10-16/h3-12,23-24H,1-2H3. The number of hydrogen-bond acceptors (Lipinski definition) is 4. The lowest BCUT2D eigenvalue weighted by atomic mass is 10.2. The molecule has 0 spiro atoms. The van der Waals surface area contributed by atoms with Crippen molar-refractivity contribution in [1.82, 2.24) is 0 Å². The summed E-state index contributed by atoms with van der Waals surface area (Å²) in [6.45, 7) is 3.58. The molecule has 3 rings (SSSR count). The van der Waals surface area contributed by atoms with Crippen molar-refractivity contribution in [2.24, 2.45) is 0 Å². The number of benzene rings is 3. The smallest absolute Gasteiger partial charge is 0.261 e. The highest BCUT2D eigenvalue weighted by Gasteiger charge is 2.21. The van der Waals surface area contributed by atoms with Crippen LogP contribution in [0.25, 0.3) is 0 Å². The lowest BCUT2D eigenvalue weighted by Crippen LogP contribution is -2.18. The Morgan fingerprint density at radius 3 is 1.33 bits per heavy atom. The summed E-state index contributed by atoms with van der Waals surface area (Å²) in [6.07, 6.45) is 0. The fourth-order valence-electron chi connectivity index (χ4n) is 2.69. The Hall–Kier alpha value is -1.88. The summed E-state index contributed by atoms with van der Waals surface area (Å²) in [6, 6.07) is 15.9. The Morgan fingerprint density at radius 1 is 0.633 bits per heavy atom. The molecular weight excluding hydrogens is 556 g/mol. The Morgan fingerprint density at radius 2 is 1.00 bits per heavy atom. The van der Waals surface area contributed by atoms with Crippen molar-refractivity contribution in [2.75, 3.05) is 9.44 Å². The number of nitrogens with one attached hydrogen (secondary N) is 2. The zero-order chi connectivity index (χ0) is 22.1. The molecule has 6 nitrogen and oxygen atoms in total. The molecule has 0 aliphatic carbocycles. The van der Waals surface area contributed by atoms with E-state index in [0.29, 0.717) is 8.95 Å². The normalized spacial score (nSPS) is 11.9. The van der Waals surface area contributed by atoms with Crippen LogP contribution in [0.1, 0.15) is 11.1 Å². The molecule has 3 aromatic rings. The first kappa shape index (κ1) is 22.8. The summed E-state index contributed by atoms with van der Waals surface area (Å²) in [4.78, 5) is 0.156. The van der Waals surface area contributed by atoms with Crippen LogP contribution in [-0.4, -0.2) is 16.8 Å². The third kappa shape index (κ3) is 5.23. The number of sulfonamides is 2. The Balaban J connectivity index is 2.03. The van der Waals surface area contributed by atoms with Crippen LogP contribution < -0.4 is 9.44 Å². The van der Waals surface area contributed by atoms with Gasteiger partial charge in [-0.3, -0.25) is 9.44 Å². The molecule has 10 heteroatoms. The SMILES string of the molecule is Cc1cccc(S(=O)(=O)Nc2cc(Br)c(Br)cc2NS(=O)(=O)c2cccc(C)c2)c1. The molecule has 158 valence electrons. The third-order valence-corrected chi connectivity index (χ3v) is 8.72. The Bertz CT molecular complexity index is 1220. The van der Waals surface area contributed by atoms with Crippen molar-refractivity contribution in [3.63, 3.8) is 0 Å². The lowest BCUT2D eigenvalue weighted by Gasteiger charge is -2.16. The molecule has 2 N–H and O–H groups in total. The summed E-state index contributed by atoms with van der Waals surface area (Å²) < 4.78 is 57.5. The van der Waals surface area contributed by atoms with Crippen LogP contribution in [0.5, 0.6) is 0 Å². The first-order chi connectivity index (χ1) is 14.0. The molecule has 0 radical (unpaired) electrons. The molecule has 30 heavy (non-hydrogen) atoms. The zero-order valence-electron chi connectivity index (χ0n) is 16.0. The molecule has 0 saturated carbocycles. The minimum absolute atomic E-state index is 0.0778. The first-order valence-electron chi connectivity index (χ1n) is 8.66. The summed E-state index contributed by atoms with van der Waals surface area (Å²) in [7, 11) is -7.87. The van der Waals surface area contributed by atoms with E-state index in [2.05, 4.69) is 41.3 Å². The maximum absolute atomic E-state index is 12.9. The summed E-state index contributed by atoms with van der Waals surface area (Å²) >= 11 is 6.66. The molecule has 3 aromatic carbocycles. The molecule has 0 bridgehead atoms. The maximum atomic E-state index is 12.9. The number of aryl methyl sites for hydroxylation is 2. The highest BCUT2D eigenvalue weighted by Crippen LogP contribution is 2.35. The van der Waals surface area contributed by atoms with E-state index in [-0.39, 0.29) is 21.2 Å². The predicted octanol–water partition coefficient (Wildman–Crippen LogP) is 5.43. The van der Waals surface area contributed by atoms with Crippen LogP contribution >= 0.6 is 31.9 Å². The van der Waals surface area contributed by atoms with Gasteiger partial charge in [0.15, 0.2) is 0 Å². The summed E-state index contributed by atoms with van der Waals surface area (Å²) in [5.74, 6) is 0. The Labute approximate surface area is 193 Å². The average molecular weight is 574 g/mol. The molecule has 0 aromatic heterocycles. The topological polar surface area (TPSA) is 92.3 Å². The zero-order valence-corrected chi connectivity index (χ0v) is 20.8. The van der Waals surface area contributed by atoms with Gasteiger partial charge in [-0.2, -0.15) is 0 Å². The molecule has 0 aliphatic heterocycles. The molecule has 0 unspecified atom stereocenters. The number of rotatable bonds is 6. The predicted molar refractivity (Wildman–Crippen MR) is 126 cm³/mol. The van der Waals surface area contributed by atoms with E-state index in [1.165, 1.54) is 36.4 Å². The fourth-order valence-corrected chi connectivity index (χ4v) is 5.72. The van der Waals surface area contributed by atoms with Crippen molar-refractivity contribution in [3.05, 3.63) is 80.7 Å². The van der Waals surface area contributed by atoms with Crippen molar-refractivity contribution in [2.45, 2.75) is 23.6 Å². The van der Waals surface area contributed by atoms with Crippen LogP contribution in [0.15, 0.2) is 79.4 Å². The summed E-state index contributed by atoms with van der Waals surface area (Å²) in [5.41, 5.74) is 1.75. The number of anilines is 2. The largest absolute Gasteiger partial charge is 0.277 e. The minimum Gasteiger partial charge on any atom is -0.277 e. The van der Waals surface area contributed by atoms with Gasteiger partial charge in [-0.15, -0.1) is 0 Å². The van der Waals surface area contributed by atoms with Gasteiger partial charge in [0.1, 0.15) is 0 Å². The van der Waals surface area contributed by atoms with Gasteiger partial charge in [-0.1, -0.05) is 24.3 Å². The number of halogens is 2. The van der Waals surface area contributed by atoms with E-state index in [1.54, 1.807) is 38.1 Å². The van der Waals surface area contributed by atoms with Gasteiger partial charge < -0.3 is 0 Å². The van der Waals surface area contributed by atoms with Crippen molar-refractivity contribution >= 4 is 63.3 Å². The van der Waals surface area contributed by atoms with Gasteiger partial charge >= 0.3 is 0 Å². The van der Waals surface area contributed by atoms with E-state index >= 15 is 0 Å².